The molecule has 2 unspecified atom stereocenters. The maximum atomic E-state index is 13.7. The molecule has 2 aromatic carbocycles. The number of hydrogen-bond donors (Lipinski definition) is 3. The van der Waals surface area contributed by atoms with E-state index in [1.165, 1.54) is 57.3 Å². The van der Waals surface area contributed by atoms with Gasteiger partial charge in [0.15, 0.2) is 12.4 Å². The van der Waals surface area contributed by atoms with Crippen LogP contribution in [0.5, 0.6) is 5.75 Å². The maximum Gasteiger partial charge on any atom is 0.413 e. The Kier molecular flexibility index (Phi) is 11.1. The predicted molar refractivity (Wildman–Crippen MR) is 138 cm³/mol. The zero-order valence-corrected chi connectivity index (χ0v) is 22.1. The lowest BCUT2D eigenvalue weighted by atomic mass is 9.91. The van der Waals surface area contributed by atoms with Gasteiger partial charge in [-0.3, -0.25) is 19.8 Å². The molecule has 0 heterocycles. The van der Waals surface area contributed by atoms with Crippen LogP contribution >= 0.6 is 0 Å². The summed E-state index contributed by atoms with van der Waals surface area (Å²) in [4.78, 5) is 62.5. The monoisotopic (exact) mass is 541 g/mol. The summed E-state index contributed by atoms with van der Waals surface area (Å²) < 4.78 is 20.5. The van der Waals surface area contributed by atoms with Crippen molar-refractivity contribution < 1.29 is 42.9 Å². The van der Waals surface area contributed by atoms with Crippen LogP contribution in [-0.4, -0.2) is 61.9 Å². The molecule has 0 saturated heterocycles. The number of rotatable bonds is 12. The Morgan fingerprint density at radius 1 is 0.949 bits per heavy atom. The van der Waals surface area contributed by atoms with Gasteiger partial charge >= 0.3 is 18.0 Å². The molecule has 3 N–H and O–H groups in total. The second-order valence-corrected chi connectivity index (χ2v) is 8.02. The fourth-order valence-corrected chi connectivity index (χ4v) is 3.32. The van der Waals surface area contributed by atoms with Crippen LogP contribution in [0.1, 0.15) is 43.1 Å². The highest BCUT2D eigenvalue weighted by atomic mass is 16.6. The fourth-order valence-electron chi connectivity index (χ4n) is 3.32. The SMILES string of the molecule is CCOC(=O)COc1ccc(C(=O)C(C)NC(=O)C(OC(=O)CC)(C(=N)OC(=O)NC)c2ccccc2)cc1. The zero-order chi connectivity index (χ0) is 29.0. The van der Waals surface area contributed by atoms with Crippen LogP contribution in [0.3, 0.4) is 0 Å². The normalized spacial score (nSPS) is 12.6. The molecule has 0 spiro atoms. The summed E-state index contributed by atoms with van der Waals surface area (Å²) in [6.45, 7) is 4.50. The lowest BCUT2D eigenvalue weighted by molar-refractivity contribution is -0.163. The van der Waals surface area contributed by atoms with E-state index >= 15 is 0 Å². The van der Waals surface area contributed by atoms with E-state index in [1.54, 1.807) is 25.1 Å². The highest BCUT2D eigenvalue weighted by Crippen LogP contribution is 2.30. The third-order valence-electron chi connectivity index (χ3n) is 5.32. The van der Waals surface area contributed by atoms with Gasteiger partial charge in [0, 0.05) is 24.6 Å². The Bertz CT molecular complexity index is 1200. The van der Waals surface area contributed by atoms with Crippen LogP contribution in [0.4, 0.5) is 4.79 Å². The molecule has 0 bridgehead atoms. The molecule has 0 saturated carbocycles. The van der Waals surface area contributed by atoms with Crippen molar-refractivity contribution in [1.29, 1.82) is 5.41 Å². The summed E-state index contributed by atoms with van der Waals surface area (Å²) in [6, 6.07) is 12.3. The van der Waals surface area contributed by atoms with Gasteiger partial charge in [-0.1, -0.05) is 37.3 Å². The molecule has 2 aromatic rings. The van der Waals surface area contributed by atoms with Crippen LogP contribution in [0, 0.1) is 5.41 Å². The average molecular weight is 542 g/mol. The zero-order valence-electron chi connectivity index (χ0n) is 22.1. The van der Waals surface area contributed by atoms with E-state index in [1.807, 2.05) is 0 Å². The summed E-state index contributed by atoms with van der Waals surface area (Å²) >= 11 is 0. The number of carbonyl (C=O) groups is 5. The van der Waals surface area contributed by atoms with Gasteiger partial charge in [-0.2, -0.15) is 0 Å². The number of nitrogens with one attached hydrogen (secondary N) is 3. The molecule has 0 aliphatic rings. The molecule has 0 aliphatic heterocycles. The molecule has 12 nitrogen and oxygen atoms in total. The summed E-state index contributed by atoms with van der Waals surface area (Å²) in [5.41, 5.74) is -2.26. The van der Waals surface area contributed by atoms with Gasteiger partial charge in [-0.25, -0.2) is 9.59 Å². The third-order valence-corrected chi connectivity index (χ3v) is 5.32. The smallest absolute Gasteiger partial charge is 0.413 e. The van der Waals surface area contributed by atoms with Gasteiger partial charge in [0.1, 0.15) is 5.75 Å². The van der Waals surface area contributed by atoms with Crippen molar-refractivity contribution in [1.82, 2.24) is 10.6 Å². The van der Waals surface area contributed by atoms with Crippen LogP contribution in [-0.2, 0) is 34.2 Å². The standard InChI is InChI=1S/C27H31N3O9/c1-5-21(31)39-27(19-10-8-7-9-11-19,24(28)38-26(35)29-4)25(34)30-17(3)23(33)18-12-14-20(15-13-18)37-16-22(32)36-6-2/h7-15,17,28H,5-6,16H2,1-4H3,(H,29,35)(H,30,34). The van der Waals surface area contributed by atoms with Crippen molar-refractivity contribution in [3.05, 3.63) is 65.7 Å². The van der Waals surface area contributed by atoms with Crippen LogP contribution in [0.25, 0.3) is 0 Å². The number of carbonyl (C=O) groups excluding carboxylic acids is 5. The van der Waals surface area contributed by atoms with Crippen LogP contribution < -0.4 is 15.4 Å². The summed E-state index contributed by atoms with van der Waals surface area (Å²) in [5.74, 6) is -3.62. The number of amides is 2. The molecule has 2 amide bonds. The van der Waals surface area contributed by atoms with Gasteiger partial charge in [0.05, 0.1) is 12.6 Å². The lowest BCUT2D eigenvalue weighted by Crippen LogP contribution is -2.57. The Labute approximate surface area is 225 Å². The minimum absolute atomic E-state index is 0.0287. The van der Waals surface area contributed by atoms with Gasteiger partial charge in [0.2, 0.25) is 0 Å². The first-order valence-electron chi connectivity index (χ1n) is 12.1. The molecule has 39 heavy (non-hydrogen) atoms. The van der Waals surface area contributed by atoms with Gasteiger partial charge in [0.25, 0.3) is 17.4 Å². The molecule has 2 atom stereocenters. The third kappa shape index (κ3) is 7.87. The first-order chi connectivity index (χ1) is 18.6. The second kappa shape index (κ2) is 14.3. The van der Waals surface area contributed by atoms with Crippen molar-refractivity contribution in [2.75, 3.05) is 20.3 Å². The number of benzene rings is 2. The fraction of sp³-hybridized carbons (Fsp3) is 0.333. The first-order valence-corrected chi connectivity index (χ1v) is 12.1. The molecule has 0 radical (unpaired) electrons. The molecule has 12 heteroatoms. The number of hydrogen-bond acceptors (Lipinski definition) is 10. The predicted octanol–water partition coefficient (Wildman–Crippen LogP) is 2.50. The molecule has 0 aliphatic carbocycles. The van der Waals surface area contributed by atoms with Crippen molar-refractivity contribution in [2.24, 2.45) is 0 Å². The number of ketones is 1. The Morgan fingerprint density at radius 2 is 1.59 bits per heavy atom. The van der Waals surface area contributed by atoms with E-state index in [-0.39, 0.29) is 30.8 Å². The topological polar surface area (TPSA) is 170 Å². The highest BCUT2D eigenvalue weighted by molar-refractivity contribution is 6.13. The number of alkyl carbamates (subject to hydrolysis) is 1. The van der Waals surface area contributed by atoms with Gasteiger partial charge < -0.3 is 29.6 Å². The quantitative estimate of drug-likeness (QED) is 0.120. The average Bonchev–Trinajstić information content (AvgIpc) is 2.94. The lowest BCUT2D eigenvalue weighted by Gasteiger charge is -2.32. The molecule has 0 fully saturated rings. The summed E-state index contributed by atoms with van der Waals surface area (Å²) in [7, 11) is 1.26. The van der Waals surface area contributed by atoms with E-state index in [9.17, 15) is 24.0 Å². The van der Waals surface area contributed by atoms with Crippen molar-refractivity contribution in [3.8, 4) is 5.75 Å². The molecule has 0 aromatic heterocycles. The minimum atomic E-state index is -2.50. The highest BCUT2D eigenvalue weighted by Gasteiger charge is 2.52. The van der Waals surface area contributed by atoms with Gasteiger partial charge in [-0.15, -0.1) is 0 Å². The van der Waals surface area contributed by atoms with E-state index < -0.39 is 47.3 Å². The molecule has 208 valence electrons. The van der Waals surface area contributed by atoms with Crippen LogP contribution in [0.15, 0.2) is 54.6 Å². The summed E-state index contributed by atoms with van der Waals surface area (Å²) in [6.07, 6.45) is -1.20. The Morgan fingerprint density at radius 3 is 2.15 bits per heavy atom. The first kappa shape index (κ1) is 30.5. The van der Waals surface area contributed by atoms with E-state index in [2.05, 4.69) is 10.6 Å². The largest absolute Gasteiger partial charge is 0.482 e. The Hall–Kier alpha value is -4.74. The van der Waals surface area contributed by atoms with Crippen molar-refractivity contribution in [2.45, 2.75) is 38.8 Å². The molecule has 2 rings (SSSR count). The van der Waals surface area contributed by atoms with E-state index in [0.717, 1.165) is 0 Å². The van der Waals surface area contributed by atoms with Crippen molar-refractivity contribution in [3.63, 3.8) is 0 Å². The maximum absolute atomic E-state index is 13.7. The second-order valence-electron chi connectivity index (χ2n) is 8.02. The number of Topliss-reactive ketones (excluding diaryl/α,β-unsaturated/α-hetero) is 1. The molecular weight excluding hydrogens is 510 g/mol. The van der Waals surface area contributed by atoms with E-state index in [0.29, 0.717) is 5.75 Å². The number of ether oxygens (including phenoxy) is 4. The van der Waals surface area contributed by atoms with Gasteiger partial charge in [-0.05, 0) is 38.1 Å². The summed E-state index contributed by atoms with van der Waals surface area (Å²) in [5, 5.41) is 13.1. The Balaban J connectivity index is 2.32. The molecular formula is C27H31N3O9. The van der Waals surface area contributed by atoms with Crippen molar-refractivity contribution >= 4 is 35.6 Å². The van der Waals surface area contributed by atoms with E-state index in [4.69, 9.17) is 24.4 Å². The minimum Gasteiger partial charge on any atom is -0.482 e. The van der Waals surface area contributed by atoms with Crippen LogP contribution in [0.2, 0.25) is 0 Å². The number of esters is 2.